The van der Waals surface area contributed by atoms with Crippen LogP contribution in [-0.2, 0) is 6.18 Å². The monoisotopic (exact) mass is 351 g/mol. The van der Waals surface area contributed by atoms with Gasteiger partial charge in [-0.25, -0.2) is 4.98 Å². The molecule has 0 aliphatic rings. The van der Waals surface area contributed by atoms with Crippen LogP contribution in [0.25, 0.3) is 22.3 Å². The fourth-order valence-electron chi connectivity index (χ4n) is 2.63. The van der Waals surface area contributed by atoms with Crippen molar-refractivity contribution in [3.05, 3.63) is 41.6 Å². The van der Waals surface area contributed by atoms with Gasteiger partial charge in [-0.15, -0.1) is 0 Å². The number of hydrogen-bond acceptors (Lipinski definition) is 4. The van der Waals surface area contributed by atoms with Gasteiger partial charge in [0.05, 0.1) is 23.9 Å². The Bertz CT molecular complexity index is 912. The number of aromatic hydroxyl groups is 1. The topological polar surface area (TPSA) is 71.2 Å². The van der Waals surface area contributed by atoms with Crippen LogP contribution in [0.15, 0.2) is 30.5 Å². The molecule has 0 fully saturated rings. The standard InChI is InChI=1S/C17H16F3N3O2/c1-9-5-12(17(18,19)20)6-14(25)15(9)13-4-3-11-7-23(10(2)8-24)22-16(11)21-13/h3-7,10,24-25H,8H2,1-2H3/t10-/m0/s1. The summed E-state index contributed by atoms with van der Waals surface area (Å²) in [4.78, 5) is 4.34. The number of benzene rings is 1. The molecule has 3 rings (SSSR count). The van der Waals surface area contributed by atoms with Crippen molar-refractivity contribution in [3.8, 4) is 17.0 Å². The molecule has 2 N–H and O–H groups in total. The highest BCUT2D eigenvalue weighted by atomic mass is 19.4. The van der Waals surface area contributed by atoms with Crippen LogP contribution in [0.4, 0.5) is 13.2 Å². The second-order valence-corrected chi connectivity index (χ2v) is 5.94. The molecule has 2 heterocycles. The van der Waals surface area contributed by atoms with E-state index in [1.54, 1.807) is 29.9 Å². The molecule has 0 aliphatic carbocycles. The molecule has 0 spiro atoms. The Morgan fingerprint density at radius 3 is 2.56 bits per heavy atom. The second kappa shape index (κ2) is 6.03. The van der Waals surface area contributed by atoms with Crippen LogP contribution in [0.3, 0.4) is 0 Å². The highest BCUT2D eigenvalue weighted by Crippen LogP contribution is 2.38. The Morgan fingerprint density at radius 2 is 1.96 bits per heavy atom. The molecular formula is C17H16F3N3O2. The van der Waals surface area contributed by atoms with Crippen LogP contribution in [0.1, 0.15) is 24.1 Å². The van der Waals surface area contributed by atoms with Crippen LogP contribution in [-0.4, -0.2) is 31.6 Å². The molecule has 1 aromatic carbocycles. The summed E-state index contributed by atoms with van der Waals surface area (Å²) in [7, 11) is 0. The van der Waals surface area contributed by atoms with Crippen molar-refractivity contribution in [2.24, 2.45) is 0 Å². The maximum Gasteiger partial charge on any atom is 0.416 e. The number of alkyl halides is 3. The maximum atomic E-state index is 12.8. The number of halogens is 3. The van der Waals surface area contributed by atoms with Gasteiger partial charge in [-0.2, -0.15) is 18.3 Å². The van der Waals surface area contributed by atoms with Gasteiger partial charge in [-0.3, -0.25) is 4.68 Å². The van der Waals surface area contributed by atoms with Crippen molar-refractivity contribution in [2.45, 2.75) is 26.1 Å². The van der Waals surface area contributed by atoms with E-state index in [-0.39, 0.29) is 23.8 Å². The Balaban J connectivity index is 2.10. The van der Waals surface area contributed by atoms with E-state index < -0.39 is 17.5 Å². The predicted molar refractivity (Wildman–Crippen MR) is 86.2 cm³/mol. The number of pyridine rings is 1. The number of rotatable bonds is 3. The van der Waals surface area contributed by atoms with Crippen LogP contribution in [0.5, 0.6) is 5.75 Å². The number of aliphatic hydroxyl groups is 1. The number of nitrogens with zero attached hydrogens (tertiary/aromatic N) is 3. The van der Waals surface area contributed by atoms with Crippen LogP contribution >= 0.6 is 0 Å². The number of phenolic OH excluding ortho intramolecular Hbond substituents is 1. The van der Waals surface area contributed by atoms with E-state index in [1.165, 1.54) is 6.92 Å². The molecule has 0 amide bonds. The Kier molecular flexibility index (Phi) is 4.16. The molecule has 0 saturated heterocycles. The Labute approximate surface area is 141 Å². The van der Waals surface area contributed by atoms with Crippen LogP contribution < -0.4 is 0 Å². The summed E-state index contributed by atoms with van der Waals surface area (Å²) < 4.78 is 40.1. The first-order chi connectivity index (χ1) is 11.7. The van der Waals surface area contributed by atoms with Gasteiger partial charge in [0.1, 0.15) is 5.75 Å². The SMILES string of the molecule is Cc1cc(C(F)(F)F)cc(O)c1-c1ccc2cn([C@@H](C)CO)nc2n1. The third-order valence-corrected chi connectivity index (χ3v) is 4.00. The molecule has 0 bridgehead atoms. The Morgan fingerprint density at radius 1 is 1.24 bits per heavy atom. The van der Waals surface area contributed by atoms with Crippen molar-refractivity contribution < 1.29 is 23.4 Å². The number of aliphatic hydroxyl groups excluding tert-OH is 1. The quantitative estimate of drug-likeness (QED) is 0.755. The molecule has 5 nitrogen and oxygen atoms in total. The maximum absolute atomic E-state index is 12.8. The first-order valence-electron chi connectivity index (χ1n) is 7.58. The van der Waals surface area contributed by atoms with Crippen molar-refractivity contribution in [2.75, 3.05) is 6.61 Å². The predicted octanol–water partition coefficient (Wildman–Crippen LogP) is 3.68. The smallest absolute Gasteiger partial charge is 0.416 e. The lowest BCUT2D eigenvalue weighted by Crippen LogP contribution is -2.09. The normalized spacial score (nSPS) is 13.4. The molecule has 8 heteroatoms. The summed E-state index contributed by atoms with van der Waals surface area (Å²) in [6.07, 6.45) is -2.80. The van der Waals surface area contributed by atoms with E-state index in [0.717, 1.165) is 11.5 Å². The number of hydrogen-bond donors (Lipinski definition) is 2. The minimum atomic E-state index is -4.53. The highest BCUT2D eigenvalue weighted by Gasteiger charge is 2.32. The zero-order chi connectivity index (χ0) is 18.4. The molecule has 0 aliphatic heterocycles. The lowest BCUT2D eigenvalue weighted by molar-refractivity contribution is -0.137. The summed E-state index contributed by atoms with van der Waals surface area (Å²) in [6, 6.07) is 4.79. The summed E-state index contributed by atoms with van der Waals surface area (Å²) in [6.45, 7) is 3.20. The minimum absolute atomic E-state index is 0.0837. The molecule has 1 atom stereocenters. The fourth-order valence-corrected chi connectivity index (χ4v) is 2.63. The summed E-state index contributed by atoms with van der Waals surface area (Å²) in [5.74, 6) is -0.484. The summed E-state index contributed by atoms with van der Waals surface area (Å²) in [5.41, 5.74) is 0.310. The van der Waals surface area contributed by atoms with Crippen molar-refractivity contribution in [1.29, 1.82) is 0 Å². The van der Waals surface area contributed by atoms with Gasteiger partial charge in [0.2, 0.25) is 0 Å². The molecule has 3 aromatic rings. The lowest BCUT2D eigenvalue weighted by atomic mass is 10.00. The largest absolute Gasteiger partial charge is 0.507 e. The zero-order valence-electron chi connectivity index (χ0n) is 13.5. The number of phenols is 1. The van der Waals surface area contributed by atoms with E-state index >= 15 is 0 Å². The van der Waals surface area contributed by atoms with E-state index in [0.29, 0.717) is 17.4 Å². The molecule has 0 radical (unpaired) electrons. The third kappa shape index (κ3) is 3.17. The number of aryl methyl sites for hydroxylation is 1. The van der Waals surface area contributed by atoms with Crippen molar-refractivity contribution in [1.82, 2.24) is 14.8 Å². The first kappa shape index (κ1) is 17.2. The van der Waals surface area contributed by atoms with E-state index in [2.05, 4.69) is 10.1 Å². The minimum Gasteiger partial charge on any atom is -0.507 e. The summed E-state index contributed by atoms with van der Waals surface area (Å²) >= 11 is 0. The van der Waals surface area contributed by atoms with Gasteiger partial charge in [-0.05, 0) is 43.7 Å². The average Bonchev–Trinajstić information content (AvgIpc) is 2.95. The van der Waals surface area contributed by atoms with Crippen LogP contribution in [0.2, 0.25) is 0 Å². The number of aromatic nitrogens is 3. The summed E-state index contributed by atoms with van der Waals surface area (Å²) in [5, 5.41) is 24.3. The van der Waals surface area contributed by atoms with Crippen molar-refractivity contribution >= 4 is 11.0 Å². The molecule has 2 aromatic heterocycles. The fraction of sp³-hybridized carbons (Fsp3) is 0.294. The number of fused-ring (bicyclic) bond motifs is 1. The average molecular weight is 351 g/mol. The molecule has 132 valence electrons. The molecule has 0 unspecified atom stereocenters. The zero-order valence-corrected chi connectivity index (χ0v) is 13.5. The Hall–Kier alpha value is -2.61. The van der Waals surface area contributed by atoms with Gasteiger partial charge >= 0.3 is 6.18 Å². The van der Waals surface area contributed by atoms with Crippen molar-refractivity contribution in [3.63, 3.8) is 0 Å². The molecule has 25 heavy (non-hydrogen) atoms. The van der Waals surface area contributed by atoms with E-state index in [1.807, 2.05) is 0 Å². The highest BCUT2D eigenvalue weighted by molar-refractivity contribution is 5.80. The van der Waals surface area contributed by atoms with E-state index in [9.17, 15) is 23.4 Å². The lowest BCUT2D eigenvalue weighted by Gasteiger charge is -2.13. The first-order valence-corrected chi connectivity index (χ1v) is 7.58. The van der Waals surface area contributed by atoms with Crippen LogP contribution in [0, 0.1) is 6.92 Å². The van der Waals surface area contributed by atoms with Gasteiger partial charge in [0.15, 0.2) is 5.65 Å². The second-order valence-electron chi connectivity index (χ2n) is 5.94. The van der Waals surface area contributed by atoms with Gasteiger partial charge in [0.25, 0.3) is 0 Å². The molecular weight excluding hydrogens is 335 g/mol. The van der Waals surface area contributed by atoms with Gasteiger partial charge < -0.3 is 10.2 Å². The third-order valence-electron chi connectivity index (χ3n) is 4.00. The molecule has 0 saturated carbocycles. The van der Waals surface area contributed by atoms with E-state index in [4.69, 9.17) is 0 Å². The van der Waals surface area contributed by atoms with Gasteiger partial charge in [0, 0.05) is 17.1 Å². The van der Waals surface area contributed by atoms with Gasteiger partial charge in [-0.1, -0.05) is 0 Å².